The monoisotopic (exact) mass is 293 g/mol. The molecular weight excluding hydrogens is 270 g/mol. The van der Waals surface area contributed by atoms with Crippen LogP contribution in [-0.2, 0) is 5.41 Å². The summed E-state index contributed by atoms with van der Waals surface area (Å²) in [5, 5.41) is 5.25. The van der Waals surface area contributed by atoms with Crippen LogP contribution in [0.5, 0.6) is 0 Å². The predicted octanol–water partition coefficient (Wildman–Crippen LogP) is 5.00. The summed E-state index contributed by atoms with van der Waals surface area (Å²) in [6, 6.07) is 7.99. The van der Waals surface area contributed by atoms with Crippen molar-refractivity contribution in [2.24, 2.45) is 5.92 Å². The van der Waals surface area contributed by atoms with Gasteiger partial charge < -0.3 is 9.73 Å². The molecule has 0 radical (unpaired) electrons. The lowest BCUT2D eigenvalue weighted by atomic mass is 9.86. The molecule has 2 rings (SSSR count). The summed E-state index contributed by atoms with van der Waals surface area (Å²) >= 11 is 6.18. The van der Waals surface area contributed by atoms with Gasteiger partial charge in [-0.05, 0) is 37.6 Å². The number of furan rings is 1. The topological polar surface area (TPSA) is 25.2 Å². The lowest BCUT2D eigenvalue weighted by Crippen LogP contribution is -2.27. The van der Waals surface area contributed by atoms with E-state index >= 15 is 0 Å². The second-order valence-electron chi connectivity index (χ2n) is 6.50. The lowest BCUT2D eigenvalue weighted by Gasteiger charge is -2.22. The zero-order valence-corrected chi connectivity index (χ0v) is 13.6. The maximum atomic E-state index is 6.18. The number of para-hydroxylation sites is 1. The number of benzene rings is 1. The maximum absolute atomic E-state index is 6.18. The third-order valence-corrected chi connectivity index (χ3v) is 3.94. The summed E-state index contributed by atoms with van der Waals surface area (Å²) in [4.78, 5) is 0. The molecule has 3 heteroatoms. The van der Waals surface area contributed by atoms with E-state index in [1.807, 2.05) is 18.2 Å². The molecule has 1 N–H and O–H groups in total. The molecule has 1 heterocycles. The van der Waals surface area contributed by atoms with E-state index in [1.54, 1.807) is 0 Å². The van der Waals surface area contributed by atoms with Gasteiger partial charge in [0.15, 0.2) is 5.58 Å². The first-order valence-electron chi connectivity index (χ1n) is 7.29. The summed E-state index contributed by atoms with van der Waals surface area (Å²) < 4.78 is 5.98. The summed E-state index contributed by atoms with van der Waals surface area (Å²) in [5.74, 6) is 1.69. The fraction of sp³-hybridized carbons (Fsp3) is 0.529. The van der Waals surface area contributed by atoms with E-state index in [4.69, 9.17) is 16.0 Å². The molecule has 1 aromatic heterocycles. The first-order valence-corrected chi connectivity index (χ1v) is 7.67. The summed E-state index contributed by atoms with van der Waals surface area (Å²) in [6.45, 7) is 10.9. The molecule has 2 aromatic rings. The molecule has 0 bridgehead atoms. The fourth-order valence-electron chi connectivity index (χ4n) is 2.28. The van der Waals surface area contributed by atoms with Crippen LogP contribution in [0.15, 0.2) is 28.7 Å². The zero-order valence-electron chi connectivity index (χ0n) is 12.8. The highest BCUT2D eigenvalue weighted by molar-refractivity contribution is 6.34. The molecule has 0 atom stereocenters. The normalized spacial score (nSPS) is 12.5. The van der Waals surface area contributed by atoms with Crippen LogP contribution < -0.4 is 5.32 Å². The molecule has 110 valence electrons. The van der Waals surface area contributed by atoms with Crippen molar-refractivity contribution in [3.8, 4) is 0 Å². The van der Waals surface area contributed by atoms with Gasteiger partial charge in [0.05, 0.1) is 5.02 Å². The molecule has 0 unspecified atom stereocenters. The van der Waals surface area contributed by atoms with E-state index in [0.29, 0.717) is 10.9 Å². The highest BCUT2D eigenvalue weighted by atomic mass is 35.5. The fourth-order valence-corrected chi connectivity index (χ4v) is 2.50. The van der Waals surface area contributed by atoms with Gasteiger partial charge in [-0.2, -0.15) is 0 Å². The second kappa shape index (κ2) is 6.19. The quantitative estimate of drug-likeness (QED) is 0.758. The predicted molar refractivity (Wildman–Crippen MR) is 86.6 cm³/mol. The van der Waals surface area contributed by atoms with Crippen molar-refractivity contribution in [3.63, 3.8) is 0 Å². The number of nitrogens with one attached hydrogen (secondary N) is 1. The average Bonchev–Trinajstić information content (AvgIpc) is 2.81. The van der Waals surface area contributed by atoms with Gasteiger partial charge in [-0.3, -0.25) is 0 Å². The standard InChI is InChI=1S/C17H24ClNO/c1-12(2)11-19-9-8-17(3,4)15-10-13-6-5-7-14(18)16(13)20-15/h5-7,10,12,19H,8-9,11H2,1-4H3. The highest BCUT2D eigenvalue weighted by Crippen LogP contribution is 2.34. The Morgan fingerprint density at radius 3 is 2.70 bits per heavy atom. The number of hydrogen-bond acceptors (Lipinski definition) is 2. The number of fused-ring (bicyclic) bond motifs is 1. The van der Waals surface area contributed by atoms with Crippen molar-refractivity contribution < 1.29 is 4.42 Å². The molecule has 0 saturated carbocycles. The Hall–Kier alpha value is -0.990. The Bertz CT molecular complexity index is 571. The molecule has 0 aliphatic rings. The summed E-state index contributed by atoms with van der Waals surface area (Å²) in [5.41, 5.74) is 0.805. The first-order chi connectivity index (χ1) is 9.40. The molecule has 1 aromatic carbocycles. The van der Waals surface area contributed by atoms with E-state index in [1.165, 1.54) is 0 Å². The smallest absolute Gasteiger partial charge is 0.152 e. The Labute approximate surface area is 126 Å². The van der Waals surface area contributed by atoms with Gasteiger partial charge in [-0.25, -0.2) is 0 Å². The lowest BCUT2D eigenvalue weighted by molar-refractivity contribution is 0.367. The van der Waals surface area contributed by atoms with Crippen molar-refractivity contribution in [1.82, 2.24) is 5.32 Å². The van der Waals surface area contributed by atoms with Crippen molar-refractivity contribution >= 4 is 22.6 Å². The Morgan fingerprint density at radius 2 is 2.05 bits per heavy atom. The first kappa shape index (κ1) is 15.4. The van der Waals surface area contributed by atoms with Crippen LogP contribution in [0.2, 0.25) is 5.02 Å². The highest BCUT2D eigenvalue weighted by Gasteiger charge is 2.25. The Morgan fingerprint density at radius 1 is 1.30 bits per heavy atom. The van der Waals surface area contributed by atoms with Crippen LogP contribution in [-0.4, -0.2) is 13.1 Å². The maximum Gasteiger partial charge on any atom is 0.152 e. The van der Waals surface area contributed by atoms with E-state index in [-0.39, 0.29) is 5.41 Å². The van der Waals surface area contributed by atoms with Crippen molar-refractivity contribution in [2.75, 3.05) is 13.1 Å². The Balaban J connectivity index is 2.09. The zero-order chi connectivity index (χ0) is 14.8. The molecule has 0 saturated heterocycles. The summed E-state index contributed by atoms with van der Waals surface area (Å²) in [6.07, 6.45) is 1.04. The van der Waals surface area contributed by atoms with Gasteiger partial charge in [-0.15, -0.1) is 0 Å². The third kappa shape index (κ3) is 3.56. The van der Waals surface area contributed by atoms with Crippen LogP contribution in [0.25, 0.3) is 11.0 Å². The van der Waals surface area contributed by atoms with Crippen LogP contribution in [0.4, 0.5) is 0 Å². The van der Waals surface area contributed by atoms with Gasteiger partial charge in [0, 0.05) is 10.8 Å². The van der Waals surface area contributed by atoms with E-state index in [9.17, 15) is 0 Å². The molecule has 0 fully saturated rings. The third-order valence-electron chi connectivity index (χ3n) is 3.64. The SMILES string of the molecule is CC(C)CNCCC(C)(C)c1cc2cccc(Cl)c2o1. The average molecular weight is 294 g/mol. The van der Waals surface area contributed by atoms with Gasteiger partial charge in [0.25, 0.3) is 0 Å². The van der Waals surface area contributed by atoms with E-state index in [2.05, 4.69) is 39.1 Å². The molecule has 0 amide bonds. The van der Waals surface area contributed by atoms with E-state index in [0.717, 1.165) is 36.2 Å². The van der Waals surface area contributed by atoms with Crippen molar-refractivity contribution in [1.29, 1.82) is 0 Å². The van der Waals surface area contributed by atoms with Crippen LogP contribution >= 0.6 is 11.6 Å². The number of hydrogen-bond donors (Lipinski definition) is 1. The van der Waals surface area contributed by atoms with Crippen LogP contribution in [0.1, 0.15) is 39.9 Å². The van der Waals surface area contributed by atoms with Gasteiger partial charge in [0.2, 0.25) is 0 Å². The van der Waals surface area contributed by atoms with Crippen LogP contribution in [0.3, 0.4) is 0 Å². The number of halogens is 1. The van der Waals surface area contributed by atoms with Gasteiger partial charge >= 0.3 is 0 Å². The van der Waals surface area contributed by atoms with Crippen LogP contribution in [0, 0.1) is 5.92 Å². The van der Waals surface area contributed by atoms with Crippen molar-refractivity contribution in [3.05, 3.63) is 35.0 Å². The van der Waals surface area contributed by atoms with Gasteiger partial charge in [0.1, 0.15) is 5.76 Å². The Kier molecular flexibility index (Phi) is 4.77. The summed E-state index contributed by atoms with van der Waals surface area (Å²) in [7, 11) is 0. The minimum Gasteiger partial charge on any atom is -0.459 e. The van der Waals surface area contributed by atoms with Gasteiger partial charge in [-0.1, -0.05) is 51.4 Å². The molecule has 20 heavy (non-hydrogen) atoms. The minimum atomic E-state index is 0.00628. The minimum absolute atomic E-state index is 0.00628. The van der Waals surface area contributed by atoms with E-state index < -0.39 is 0 Å². The molecule has 2 nitrogen and oxygen atoms in total. The molecule has 0 spiro atoms. The number of rotatable bonds is 6. The van der Waals surface area contributed by atoms with Crippen molar-refractivity contribution in [2.45, 2.75) is 39.5 Å². The molecule has 0 aliphatic heterocycles. The molecular formula is C17H24ClNO. The molecule has 0 aliphatic carbocycles. The second-order valence-corrected chi connectivity index (χ2v) is 6.91. The largest absolute Gasteiger partial charge is 0.459 e.